The van der Waals surface area contributed by atoms with Crippen LogP contribution in [0.15, 0.2) is 54.9 Å². The van der Waals surface area contributed by atoms with Crippen molar-refractivity contribution in [2.45, 2.75) is 13.6 Å². The van der Waals surface area contributed by atoms with Gasteiger partial charge in [0, 0.05) is 5.69 Å². The van der Waals surface area contributed by atoms with Crippen LogP contribution in [0.4, 0.5) is 5.69 Å². The van der Waals surface area contributed by atoms with Crippen molar-refractivity contribution < 1.29 is 4.74 Å². The molecule has 20 heavy (non-hydrogen) atoms. The molecule has 0 spiro atoms. The van der Waals surface area contributed by atoms with Crippen molar-refractivity contribution >= 4 is 16.7 Å². The van der Waals surface area contributed by atoms with E-state index in [4.69, 9.17) is 4.74 Å². The summed E-state index contributed by atoms with van der Waals surface area (Å²) < 4.78 is 7.51. The molecule has 0 saturated heterocycles. The van der Waals surface area contributed by atoms with Gasteiger partial charge in [0.15, 0.2) is 0 Å². The quantitative estimate of drug-likeness (QED) is 0.769. The number of hydrogen-bond acceptors (Lipinski definition) is 3. The van der Waals surface area contributed by atoms with Gasteiger partial charge in [-0.25, -0.2) is 4.98 Å². The number of nitrogens with zero attached hydrogens (tertiary/aromatic N) is 2. The number of benzene rings is 2. The van der Waals surface area contributed by atoms with Gasteiger partial charge in [-0.3, -0.25) is 0 Å². The first-order chi connectivity index (χ1) is 9.86. The number of imidazole rings is 1. The second-order valence-electron chi connectivity index (χ2n) is 4.50. The van der Waals surface area contributed by atoms with Crippen LogP contribution >= 0.6 is 0 Å². The van der Waals surface area contributed by atoms with Crippen molar-refractivity contribution in [3.63, 3.8) is 0 Å². The Morgan fingerprint density at radius 2 is 1.90 bits per heavy atom. The fourth-order valence-electron chi connectivity index (χ4n) is 2.15. The summed E-state index contributed by atoms with van der Waals surface area (Å²) in [5.74, 6) is 0.895. The first kappa shape index (κ1) is 12.5. The Labute approximate surface area is 118 Å². The molecule has 0 fully saturated rings. The van der Waals surface area contributed by atoms with Gasteiger partial charge in [-0.05, 0) is 43.3 Å². The number of ether oxygens (including phenoxy) is 1. The van der Waals surface area contributed by atoms with Gasteiger partial charge in [0.05, 0.1) is 30.6 Å². The molecular formula is C16H17N3O. The van der Waals surface area contributed by atoms with E-state index in [1.54, 1.807) is 0 Å². The second-order valence-corrected chi connectivity index (χ2v) is 4.50. The molecule has 102 valence electrons. The van der Waals surface area contributed by atoms with E-state index < -0.39 is 0 Å². The summed E-state index contributed by atoms with van der Waals surface area (Å²) in [7, 11) is 0. The van der Waals surface area contributed by atoms with Gasteiger partial charge in [-0.2, -0.15) is 0 Å². The van der Waals surface area contributed by atoms with Gasteiger partial charge in [0.25, 0.3) is 0 Å². The van der Waals surface area contributed by atoms with Crippen LogP contribution in [0.2, 0.25) is 0 Å². The van der Waals surface area contributed by atoms with E-state index in [2.05, 4.69) is 20.9 Å². The lowest BCUT2D eigenvalue weighted by Gasteiger charge is -2.09. The van der Waals surface area contributed by atoms with E-state index in [1.165, 1.54) is 0 Å². The smallest absolute Gasteiger partial charge is 0.119 e. The van der Waals surface area contributed by atoms with Crippen molar-refractivity contribution in [3.05, 3.63) is 54.9 Å². The molecule has 0 aliphatic carbocycles. The Morgan fingerprint density at radius 1 is 1.10 bits per heavy atom. The molecule has 0 aliphatic heterocycles. The highest BCUT2D eigenvalue weighted by atomic mass is 16.5. The molecule has 3 rings (SSSR count). The SMILES string of the molecule is CCOc1ccc(NCn2cnc3ccccc32)cc1. The average Bonchev–Trinajstić information content (AvgIpc) is 2.90. The highest BCUT2D eigenvalue weighted by Gasteiger charge is 2.01. The summed E-state index contributed by atoms with van der Waals surface area (Å²) in [5, 5.41) is 3.38. The predicted octanol–water partition coefficient (Wildman–Crippen LogP) is 3.50. The standard InChI is InChI=1S/C16H17N3O/c1-2-20-14-9-7-13(8-10-14)17-11-19-12-18-15-5-3-4-6-16(15)19/h3-10,12,17H,2,11H2,1H3. The Morgan fingerprint density at radius 3 is 2.70 bits per heavy atom. The van der Waals surface area contributed by atoms with Crippen molar-refractivity contribution in [2.24, 2.45) is 0 Å². The fourth-order valence-corrected chi connectivity index (χ4v) is 2.15. The van der Waals surface area contributed by atoms with Crippen molar-refractivity contribution in [1.82, 2.24) is 9.55 Å². The molecule has 0 atom stereocenters. The van der Waals surface area contributed by atoms with Crippen LogP contribution in [0, 0.1) is 0 Å². The zero-order chi connectivity index (χ0) is 13.8. The molecule has 3 aromatic rings. The van der Waals surface area contributed by atoms with Crippen molar-refractivity contribution in [3.8, 4) is 5.75 Å². The minimum absolute atomic E-state index is 0.688. The highest BCUT2D eigenvalue weighted by Crippen LogP contribution is 2.17. The Balaban J connectivity index is 1.69. The maximum atomic E-state index is 5.43. The number of anilines is 1. The van der Waals surface area contributed by atoms with Crippen LogP contribution in [0.5, 0.6) is 5.75 Å². The number of para-hydroxylation sites is 2. The van der Waals surface area contributed by atoms with Crippen LogP contribution in [-0.4, -0.2) is 16.2 Å². The van der Waals surface area contributed by atoms with Gasteiger partial charge in [-0.15, -0.1) is 0 Å². The second kappa shape index (κ2) is 5.65. The summed E-state index contributed by atoms with van der Waals surface area (Å²) >= 11 is 0. The minimum Gasteiger partial charge on any atom is -0.494 e. The van der Waals surface area contributed by atoms with Crippen molar-refractivity contribution in [2.75, 3.05) is 11.9 Å². The molecule has 1 N–H and O–H groups in total. The molecule has 0 aliphatic rings. The molecule has 0 unspecified atom stereocenters. The molecular weight excluding hydrogens is 250 g/mol. The summed E-state index contributed by atoms with van der Waals surface area (Å²) in [4.78, 5) is 4.37. The predicted molar refractivity (Wildman–Crippen MR) is 81.0 cm³/mol. The van der Waals surface area contributed by atoms with Gasteiger partial charge in [-0.1, -0.05) is 12.1 Å². The number of hydrogen-bond donors (Lipinski definition) is 1. The van der Waals surface area contributed by atoms with E-state index in [-0.39, 0.29) is 0 Å². The van der Waals surface area contributed by atoms with E-state index in [0.717, 1.165) is 22.5 Å². The van der Waals surface area contributed by atoms with Crippen LogP contribution in [0.3, 0.4) is 0 Å². The van der Waals surface area contributed by atoms with Crippen LogP contribution in [0.25, 0.3) is 11.0 Å². The molecule has 0 saturated carbocycles. The van der Waals surface area contributed by atoms with E-state index in [0.29, 0.717) is 13.3 Å². The van der Waals surface area contributed by atoms with Gasteiger partial charge < -0.3 is 14.6 Å². The summed E-state index contributed by atoms with van der Waals surface area (Å²) in [6.45, 7) is 3.36. The zero-order valence-corrected chi connectivity index (χ0v) is 11.4. The average molecular weight is 267 g/mol. The topological polar surface area (TPSA) is 39.1 Å². The Bertz CT molecular complexity index is 688. The highest BCUT2D eigenvalue weighted by molar-refractivity contribution is 5.75. The molecule has 0 bridgehead atoms. The Hall–Kier alpha value is -2.49. The summed E-state index contributed by atoms with van der Waals surface area (Å²) in [6, 6.07) is 16.1. The first-order valence-corrected chi connectivity index (χ1v) is 6.73. The lowest BCUT2D eigenvalue weighted by Crippen LogP contribution is -2.06. The summed E-state index contributed by atoms with van der Waals surface area (Å²) in [5.41, 5.74) is 3.21. The molecule has 0 radical (unpaired) electrons. The monoisotopic (exact) mass is 267 g/mol. The van der Waals surface area contributed by atoms with Gasteiger partial charge in [0.2, 0.25) is 0 Å². The number of nitrogens with one attached hydrogen (secondary N) is 1. The third-order valence-corrected chi connectivity index (χ3v) is 3.15. The largest absolute Gasteiger partial charge is 0.494 e. The zero-order valence-electron chi connectivity index (χ0n) is 11.4. The minimum atomic E-state index is 0.688. The van der Waals surface area contributed by atoms with Crippen LogP contribution in [-0.2, 0) is 6.67 Å². The van der Waals surface area contributed by atoms with E-state index >= 15 is 0 Å². The number of fused-ring (bicyclic) bond motifs is 1. The number of rotatable bonds is 5. The fraction of sp³-hybridized carbons (Fsp3) is 0.188. The number of aromatic nitrogens is 2. The molecule has 0 amide bonds. The maximum absolute atomic E-state index is 5.43. The third kappa shape index (κ3) is 2.59. The molecule has 4 nitrogen and oxygen atoms in total. The van der Waals surface area contributed by atoms with Gasteiger partial charge in [0.1, 0.15) is 5.75 Å². The molecule has 4 heteroatoms. The first-order valence-electron chi connectivity index (χ1n) is 6.73. The maximum Gasteiger partial charge on any atom is 0.119 e. The molecule has 1 aromatic heterocycles. The normalized spacial score (nSPS) is 10.7. The molecule has 2 aromatic carbocycles. The summed E-state index contributed by atoms with van der Waals surface area (Å²) in [6.07, 6.45) is 1.85. The lowest BCUT2D eigenvalue weighted by atomic mass is 10.3. The van der Waals surface area contributed by atoms with Crippen LogP contribution in [0.1, 0.15) is 6.92 Å². The third-order valence-electron chi connectivity index (χ3n) is 3.15. The van der Waals surface area contributed by atoms with E-state index in [9.17, 15) is 0 Å². The lowest BCUT2D eigenvalue weighted by molar-refractivity contribution is 0.340. The molecule has 1 heterocycles. The van der Waals surface area contributed by atoms with E-state index in [1.807, 2.05) is 55.7 Å². The Kier molecular flexibility index (Phi) is 3.54. The van der Waals surface area contributed by atoms with Crippen LogP contribution < -0.4 is 10.1 Å². The van der Waals surface area contributed by atoms with Gasteiger partial charge >= 0.3 is 0 Å². The van der Waals surface area contributed by atoms with Crippen molar-refractivity contribution in [1.29, 1.82) is 0 Å².